The van der Waals surface area contributed by atoms with E-state index in [1.807, 2.05) is 0 Å². The number of carbonyl (C=O) groups excluding carboxylic acids is 1. The number of hydrogen-bond donors (Lipinski definition) is 0. The van der Waals surface area contributed by atoms with Crippen molar-refractivity contribution >= 4 is 23.3 Å². The van der Waals surface area contributed by atoms with Crippen molar-refractivity contribution in [2.75, 3.05) is 13.2 Å². The summed E-state index contributed by atoms with van der Waals surface area (Å²) in [5, 5.41) is 11.5. The van der Waals surface area contributed by atoms with Crippen LogP contribution < -0.4 is 9.47 Å². The fraction of sp³-hybridized carbons (Fsp3) is 0.235. The van der Waals surface area contributed by atoms with Crippen molar-refractivity contribution in [3.63, 3.8) is 0 Å². The minimum atomic E-state index is -0.768. The van der Waals surface area contributed by atoms with Gasteiger partial charge in [-0.05, 0) is 30.2 Å². The van der Waals surface area contributed by atoms with Crippen LogP contribution in [0.5, 0.6) is 11.5 Å². The van der Waals surface area contributed by atoms with E-state index in [1.165, 1.54) is 12.1 Å². The van der Waals surface area contributed by atoms with Gasteiger partial charge in [-0.25, -0.2) is 4.79 Å². The Morgan fingerprint density at radius 1 is 1.32 bits per heavy atom. The second kappa shape index (κ2) is 6.98. The van der Waals surface area contributed by atoms with Gasteiger partial charge in [-0.15, -0.1) is 0 Å². The van der Waals surface area contributed by atoms with E-state index in [-0.39, 0.29) is 17.9 Å². The van der Waals surface area contributed by atoms with Crippen molar-refractivity contribution in [1.82, 2.24) is 0 Å². The second-order valence-electron chi connectivity index (χ2n) is 5.40. The van der Waals surface area contributed by atoms with Gasteiger partial charge in [0.2, 0.25) is 0 Å². The Bertz CT molecular complexity index is 851. The molecule has 0 saturated carbocycles. The van der Waals surface area contributed by atoms with Gasteiger partial charge in [0.15, 0.2) is 11.5 Å². The zero-order valence-electron chi connectivity index (χ0n) is 13.3. The van der Waals surface area contributed by atoms with Gasteiger partial charge < -0.3 is 14.2 Å². The maximum Gasteiger partial charge on any atom is 0.345 e. The predicted molar refractivity (Wildman–Crippen MR) is 89.4 cm³/mol. The van der Waals surface area contributed by atoms with E-state index < -0.39 is 10.9 Å². The number of aryl methyl sites for hydroxylation is 1. The summed E-state index contributed by atoms with van der Waals surface area (Å²) >= 11 is 6.14. The number of nitro groups is 1. The van der Waals surface area contributed by atoms with Crippen molar-refractivity contribution < 1.29 is 23.9 Å². The van der Waals surface area contributed by atoms with E-state index in [0.717, 1.165) is 0 Å². The van der Waals surface area contributed by atoms with Gasteiger partial charge in [0.1, 0.15) is 25.4 Å². The molecular formula is C17H14ClNO6. The number of nitro benzene ring substituents is 1. The molecule has 0 saturated heterocycles. The first kappa shape index (κ1) is 17.0. The fourth-order valence-corrected chi connectivity index (χ4v) is 2.83. The van der Waals surface area contributed by atoms with E-state index in [1.54, 1.807) is 25.1 Å². The first-order valence-corrected chi connectivity index (χ1v) is 7.84. The topological polar surface area (TPSA) is 87.9 Å². The molecule has 130 valence electrons. The number of halogens is 1. The maximum absolute atomic E-state index is 12.3. The molecule has 0 radical (unpaired) electrons. The Hall–Kier alpha value is -2.80. The van der Waals surface area contributed by atoms with Crippen LogP contribution in [-0.4, -0.2) is 24.1 Å². The lowest BCUT2D eigenvalue weighted by Gasteiger charge is -2.20. The van der Waals surface area contributed by atoms with Crippen molar-refractivity contribution in [3.8, 4) is 11.5 Å². The van der Waals surface area contributed by atoms with E-state index in [2.05, 4.69) is 0 Å². The van der Waals surface area contributed by atoms with Crippen LogP contribution in [0.15, 0.2) is 30.3 Å². The quantitative estimate of drug-likeness (QED) is 0.467. The van der Waals surface area contributed by atoms with Crippen LogP contribution in [0.2, 0.25) is 5.02 Å². The second-order valence-corrected chi connectivity index (χ2v) is 5.81. The molecule has 0 fully saturated rings. The summed E-state index contributed by atoms with van der Waals surface area (Å²) in [5.74, 6) is 0.167. The van der Waals surface area contributed by atoms with Crippen molar-refractivity contribution in [1.29, 1.82) is 0 Å². The Balaban J connectivity index is 1.80. The van der Waals surface area contributed by atoms with Crippen LogP contribution in [0.1, 0.15) is 21.5 Å². The molecule has 0 spiro atoms. The number of rotatable bonds is 4. The molecule has 0 unspecified atom stereocenters. The number of nitrogens with zero attached hydrogens (tertiary/aromatic N) is 1. The number of benzene rings is 2. The minimum absolute atomic E-state index is 0.0591. The summed E-state index contributed by atoms with van der Waals surface area (Å²) in [6.07, 6.45) is 0. The molecule has 0 N–H and O–H groups in total. The molecule has 0 bridgehead atoms. The highest BCUT2D eigenvalue weighted by atomic mass is 35.5. The summed E-state index contributed by atoms with van der Waals surface area (Å²) in [7, 11) is 0. The Kier molecular flexibility index (Phi) is 4.76. The summed E-state index contributed by atoms with van der Waals surface area (Å²) < 4.78 is 16.1. The van der Waals surface area contributed by atoms with Crippen LogP contribution >= 0.6 is 11.6 Å². The van der Waals surface area contributed by atoms with Gasteiger partial charge in [0, 0.05) is 6.07 Å². The zero-order chi connectivity index (χ0) is 18.0. The van der Waals surface area contributed by atoms with Crippen LogP contribution in [0.4, 0.5) is 5.69 Å². The Labute approximate surface area is 148 Å². The van der Waals surface area contributed by atoms with Crippen LogP contribution in [0, 0.1) is 17.0 Å². The zero-order valence-corrected chi connectivity index (χ0v) is 14.0. The van der Waals surface area contributed by atoms with Gasteiger partial charge in [-0.2, -0.15) is 0 Å². The first-order valence-electron chi connectivity index (χ1n) is 7.46. The van der Waals surface area contributed by atoms with Gasteiger partial charge in [-0.1, -0.05) is 23.7 Å². The fourth-order valence-electron chi connectivity index (χ4n) is 2.54. The molecule has 7 nitrogen and oxygen atoms in total. The normalized spacial score (nSPS) is 12.6. The highest BCUT2D eigenvalue weighted by Crippen LogP contribution is 2.38. The summed E-state index contributed by atoms with van der Waals surface area (Å²) in [6, 6.07) is 7.68. The third kappa shape index (κ3) is 3.51. The van der Waals surface area contributed by atoms with E-state index in [0.29, 0.717) is 40.9 Å². The third-order valence-corrected chi connectivity index (χ3v) is 3.96. The van der Waals surface area contributed by atoms with E-state index in [9.17, 15) is 14.9 Å². The minimum Gasteiger partial charge on any atom is -0.486 e. The lowest BCUT2D eigenvalue weighted by Crippen LogP contribution is -2.16. The van der Waals surface area contributed by atoms with Gasteiger partial charge in [0.25, 0.3) is 5.69 Å². The molecular weight excluding hydrogens is 350 g/mol. The average Bonchev–Trinajstić information content (AvgIpc) is 2.59. The molecule has 1 heterocycles. The molecule has 1 aliphatic heterocycles. The molecule has 8 heteroatoms. The van der Waals surface area contributed by atoms with Gasteiger partial charge in [-0.3, -0.25) is 10.1 Å². The summed E-state index contributed by atoms with van der Waals surface area (Å²) in [4.78, 5) is 22.8. The molecule has 2 aromatic rings. The van der Waals surface area contributed by atoms with E-state index in [4.69, 9.17) is 25.8 Å². The third-order valence-electron chi connectivity index (χ3n) is 3.68. The maximum atomic E-state index is 12.3. The van der Waals surface area contributed by atoms with Gasteiger partial charge in [0.05, 0.1) is 9.95 Å². The molecule has 25 heavy (non-hydrogen) atoms. The van der Waals surface area contributed by atoms with Crippen molar-refractivity contribution in [2.24, 2.45) is 0 Å². The monoisotopic (exact) mass is 363 g/mol. The van der Waals surface area contributed by atoms with Gasteiger partial charge >= 0.3 is 5.97 Å². The molecule has 3 rings (SSSR count). The van der Waals surface area contributed by atoms with Crippen LogP contribution in [0.25, 0.3) is 0 Å². The highest BCUT2D eigenvalue weighted by Gasteiger charge is 2.24. The summed E-state index contributed by atoms with van der Waals surface area (Å²) in [6.45, 7) is 2.34. The predicted octanol–water partition coefficient (Wildman–Crippen LogP) is 3.68. The molecule has 0 aromatic heterocycles. The molecule has 0 aliphatic carbocycles. The number of hydrogen-bond acceptors (Lipinski definition) is 6. The molecule has 0 atom stereocenters. The number of carbonyl (C=O) groups is 1. The average molecular weight is 364 g/mol. The lowest BCUT2D eigenvalue weighted by atomic mass is 10.1. The molecule has 1 aliphatic rings. The first-order chi connectivity index (χ1) is 12.0. The Morgan fingerprint density at radius 3 is 2.84 bits per heavy atom. The number of ether oxygens (including phenoxy) is 3. The molecule has 0 amide bonds. The smallest absolute Gasteiger partial charge is 0.345 e. The number of fused-ring (bicyclic) bond motifs is 1. The largest absolute Gasteiger partial charge is 0.486 e. The Morgan fingerprint density at radius 2 is 2.08 bits per heavy atom. The van der Waals surface area contributed by atoms with Crippen LogP contribution in [0.3, 0.4) is 0 Å². The highest BCUT2D eigenvalue weighted by molar-refractivity contribution is 6.32. The van der Waals surface area contributed by atoms with Crippen molar-refractivity contribution in [3.05, 3.63) is 62.2 Å². The number of esters is 1. The van der Waals surface area contributed by atoms with Crippen LogP contribution in [-0.2, 0) is 11.3 Å². The lowest BCUT2D eigenvalue weighted by molar-refractivity contribution is -0.385. The SMILES string of the molecule is Cc1cccc([N+](=O)[O-])c1C(=O)OCc1cc(Cl)c2c(c1)OCCO2. The summed E-state index contributed by atoms with van der Waals surface area (Å²) in [5.41, 5.74) is 0.722. The van der Waals surface area contributed by atoms with Crippen molar-refractivity contribution in [2.45, 2.75) is 13.5 Å². The molecule has 2 aromatic carbocycles. The standard InChI is InChI=1S/C17H14ClNO6/c1-10-3-2-4-13(19(21)22)15(10)17(20)25-9-11-7-12(18)16-14(8-11)23-5-6-24-16/h2-4,7-8H,5-6,9H2,1H3. The van der Waals surface area contributed by atoms with E-state index >= 15 is 0 Å².